The van der Waals surface area contributed by atoms with E-state index in [0.717, 1.165) is 23.5 Å². The standard InChI is InChI=1S/C20H14Cl2F7N3O2S/c1-8-10-5-32(6-13(10)35-16(8)17(33)30-7-19(24,25)26)14-4-18(34-31-14,20(27,28)29)9-2-11(21)15(23)12(22)3-9/h2-3H,4-7H2,1H3,(H,30,33). The second-order valence-corrected chi connectivity index (χ2v) is 9.89. The quantitative estimate of drug-likeness (QED) is 0.352. The van der Waals surface area contributed by atoms with Crippen LogP contribution in [0.25, 0.3) is 0 Å². The molecule has 0 radical (unpaired) electrons. The van der Waals surface area contributed by atoms with Crippen molar-refractivity contribution in [2.24, 2.45) is 5.16 Å². The van der Waals surface area contributed by atoms with E-state index < -0.39 is 58.3 Å². The first kappa shape index (κ1) is 25.8. The smallest absolute Gasteiger partial charge is 0.372 e. The minimum Gasteiger partial charge on any atom is -0.372 e. The Morgan fingerprint density at radius 3 is 2.37 bits per heavy atom. The lowest BCUT2D eigenvalue weighted by Gasteiger charge is -2.30. The van der Waals surface area contributed by atoms with E-state index in [0.29, 0.717) is 16.0 Å². The van der Waals surface area contributed by atoms with Gasteiger partial charge in [0.05, 0.1) is 27.9 Å². The molecule has 1 aromatic heterocycles. The Kier molecular flexibility index (Phi) is 6.42. The van der Waals surface area contributed by atoms with Gasteiger partial charge >= 0.3 is 12.4 Å². The highest BCUT2D eigenvalue weighted by Crippen LogP contribution is 2.50. The molecule has 0 bridgehead atoms. The van der Waals surface area contributed by atoms with Crippen LogP contribution in [0.15, 0.2) is 17.3 Å². The molecular weight excluding hydrogens is 550 g/mol. The van der Waals surface area contributed by atoms with Crippen LogP contribution in [0.4, 0.5) is 30.7 Å². The van der Waals surface area contributed by atoms with Crippen molar-refractivity contribution in [1.29, 1.82) is 0 Å². The minimum absolute atomic E-state index is 0.0511. The molecule has 1 amide bonds. The van der Waals surface area contributed by atoms with Gasteiger partial charge in [-0.2, -0.15) is 26.3 Å². The Morgan fingerprint density at radius 2 is 1.83 bits per heavy atom. The molecule has 2 aliphatic rings. The maximum atomic E-state index is 14.2. The third-order valence-corrected chi connectivity index (χ3v) is 7.55. The summed E-state index contributed by atoms with van der Waals surface area (Å²) in [6.07, 6.45) is -10.3. The van der Waals surface area contributed by atoms with Crippen molar-refractivity contribution in [3.8, 4) is 0 Å². The SMILES string of the molecule is Cc1c(C(=O)NCC(F)(F)F)sc2c1CN(C1=NOC(c3cc(Cl)c(F)c(Cl)c3)(C(F)(F)F)C1)C2. The zero-order valence-electron chi connectivity index (χ0n) is 17.5. The number of oxime groups is 1. The van der Waals surface area contributed by atoms with Crippen LogP contribution in [0.2, 0.25) is 10.0 Å². The van der Waals surface area contributed by atoms with Crippen molar-refractivity contribution in [2.75, 3.05) is 6.54 Å². The van der Waals surface area contributed by atoms with Gasteiger partial charge in [-0.3, -0.25) is 4.79 Å². The van der Waals surface area contributed by atoms with E-state index in [1.54, 1.807) is 6.92 Å². The molecule has 0 saturated carbocycles. The van der Waals surface area contributed by atoms with Gasteiger partial charge in [0.25, 0.3) is 11.5 Å². The van der Waals surface area contributed by atoms with Gasteiger partial charge in [0.1, 0.15) is 12.4 Å². The molecule has 2 aliphatic heterocycles. The molecule has 0 saturated heterocycles. The van der Waals surface area contributed by atoms with E-state index in [2.05, 4.69) is 5.16 Å². The predicted molar refractivity (Wildman–Crippen MR) is 114 cm³/mol. The molecule has 5 nitrogen and oxygen atoms in total. The van der Waals surface area contributed by atoms with Crippen LogP contribution in [0.3, 0.4) is 0 Å². The number of fused-ring (bicyclic) bond motifs is 1. The van der Waals surface area contributed by atoms with E-state index in [9.17, 15) is 35.5 Å². The number of amidine groups is 1. The minimum atomic E-state index is -4.97. The number of halogens is 9. The van der Waals surface area contributed by atoms with Gasteiger partial charge in [0.15, 0.2) is 5.82 Å². The summed E-state index contributed by atoms with van der Waals surface area (Å²) in [6.45, 7) is 0.224. The molecule has 1 atom stereocenters. The third-order valence-electron chi connectivity index (χ3n) is 5.68. The Balaban J connectivity index is 1.54. The van der Waals surface area contributed by atoms with E-state index in [-0.39, 0.29) is 23.8 Å². The number of amides is 1. The number of hydrogen-bond acceptors (Lipinski definition) is 5. The number of alkyl halides is 6. The number of hydrogen-bond donors (Lipinski definition) is 1. The maximum absolute atomic E-state index is 14.2. The fraction of sp³-hybridized carbons (Fsp3) is 0.400. The van der Waals surface area contributed by atoms with E-state index >= 15 is 0 Å². The summed E-state index contributed by atoms with van der Waals surface area (Å²) >= 11 is 12.4. The van der Waals surface area contributed by atoms with Crippen LogP contribution in [-0.2, 0) is 23.5 Å². The second-order valence-electron chi connectivity index (χ2n) is 7.97. The van der Waals surface area contributed by atoms with Crippen LogP contribution in [0, 0.1) is 12.7 Å². The van der Waals surface area contributed by atoms with Gasteiger partial charge in [-0.25, -0.2) is 4.39 Å². The summed E-state index contributed by atoms with van der Waals surface area (Å²) in [5.41, 5.74) is -2.41. The van der Waals surface area contributed by atoms with Gasteiger partial charge in [0.2, 0.25) is 0 Å². The molecule has 35 heavy (non-hydrogen) atoms. The van der Waals surface area contributed by atoms with Crippen LogP contribution < -0.4 is 5.32 Å². The molecule has 15 heteroatoms. The summed E-state index contributed by atoms with van der Waals surface area (Å²) in [5.74, 6) is -2.00. The van der Waals surface area contributed by atoms with Crippen LogP contribution in [-0.4, -0.2) is 35.5 Å². The van der Waals surface area contributed by atoms with E-state index in [1.807, 2.05) is 5.32 Å². The van der Waals surface area contributed by atoms with Gasteiger partial charge in [0, 0.05) is 17.0 Å². The second kappa shape index (κ2) is 8.70. The summed E-state index contributed by atoms with van der Waals surface area (Å²) in [4.78, 5) is 19.3. The van der Waals surface area contributed by atoms with Gasteiger partial charge in [-0.15, -0.1) is 11.3 Å². The number of nitrogens with zero attached hydrogens (tertiary/aromatic N) is 2. The topological polar surface area (TPSA) is 53.9 Å². The first-order chi connectivity index (χ1) is 16.1. The summed E-state index contributed by atoms with van der Waals surface area (Å²) in [6, 6.07) is 1.57. The van der Waals surface area contributed by atoms with Crippen LogP contribution >= 0.6 is 34.5 Å². The maximum Gasteiger partial charge on any atom is 0.435 e. The van der Waals surface area contributed by atoms with Crippen molar-refractivity contribution in [3.05, 3.63) is 54.4 Å². The Labute approximate surface area is 207 Å². The molecule has 190 valence electrons. The molecular formula is C20H14Cl2F7N3O2S. The van der Waals surface area contributed by atoms with E-state index in [4.69, 9.17) is 28.0 Å². The highest BCUT2D eigenvalue weighted by atomic mass is 35.5. The van der Waals surface area contributed by atoms with E-state index in [1.165, 1.54) is 4.90 Å². The van der Waals surface area contributed by atoms with Crippen LogP contribution in [0.1, 0.15) is 37.7 Å². The van der Waals surface area contributed by atoms with Gasteiger partial charge in [-0.05, 0) is 30.2 Å². The first-order valence-electron chi connectivity index (χ1n) is 9.81. The lowest BCUT2D eigenvalue weighted by atomic mass is 9.89. The molecule has 0 fully saturated rings. The normalized spacial score (nSPS) is 20.1. The Hall–Kier alpha value is -2.25. The highest BCUT2D eigenvalue weighted by Gasteiger charge is 2.63. The van der Waals surface area contributed by atoms with Crippen LogP contribution in [0.5, 0.6) is 0 Å². The monoisotopic (exact) mass is 563 g/mol. The molecule has 3 heterocycles. The lowest BCUT2D eigenvalue weighted by Crippen LogP contribution is -2.44. The largest absolute Gasteiger partial charge is 0.435 e. The number of thiophene rings is 1. The molecule has 0 spiro atoms. The van der Waals surface area contributed by atoms with Gasteiger partial charge in [-0.1, -0.05) is 28.4 Å². The fourth-order valence-electron chi connectivity index (χ4n) is 3.87. The summed E-state index contributed by atoms with van der Waals surface area (Å²) in [5, 5.41) is 4.24. The van der Waals surface area contributed by atoms with Crippen molar-refractivity contribution < 1.29 is 40.4 Å². The number of carbonyl (C=O) groups is 1. The molecule has 2 aromatic rings. The molecule has 1 aromatic carbocycles. The average Bonchev–Trinajstić information content (AvgIpc) is 3.43. The Morgan fingerprint density at radius 1 is 1.20 bits per heavy atom. The lowest BCUT2D eigenvalue weighted by molar-refractivity contribution is -0.275. The number of benzene rings is 1. The molecule has 4 rings (SSSR count). The third kappa shape index (κ3) is 4.65. The summed E-state index contributed by atoms with van der Waals surface area (Å²) in [7, 11) is 0. The predicted octanol–water partition coefficient (Wildman–Crippen LogP) is 6.30. The number of rotatable bonds is 3. The first-order valence-corrected chi connectivity index (χ1v) is 11.4. The van der Waals surface area contributed by atoms with Crippen molar-refractivity contribution in [3.63, 3.8) is 0 Å². The van der Waals surface area contributed by atoms with Crippen molar-refractivity contribution in [2.45, 2.75) is 44.4 Å². The molecule has 1 unspecified atom stereocenters. The average molecular weight is 564 g/mol. The molecule has 0 aliphatic carbocycles. The zero-order valence-corrected chi connectivity index (χ0v) is 19.8. The number of carbonyl (C=O) groups excluding carboxylic acids is 1. The molecule has 1 N–H and O–H groups in total. The number of nitrogens with one attached hydrogen (secondary N) is 1. The van der Waals surface area contributed by atoms with Crippen molar-refractivity contribution >= 4 is 46.3 Å². The highest BCUT2D eigenvalue weighted by molar-refractivity contribution is 7.14. The Bertz CT molecular complexity index is 1210. The van der Waals surface area contributed by atoms with Gasteiger partial charge < -0.3 is 15.1 Å². The summed E-state index contributed by atoms with van der Waals surface area (Å²) < 4.78 is 93.5. The zero-order chi connectivity index (χ0) is 25.9. The fourth-order valence-corrected chi connectivity index (χ4v) is 5.60. The van der Waals surface area contributed by atoms with Crippen molar-refractivity contribution in [1.82, 2.24) is 10.2 Å².